The molecule has 0 spiro atoms. The lowest BCUT2D eigenvalue weighted by Gasteiger charge is -2.24. The molecule has 98 valence electrons. The Morgan fingerprint density at radius 1 is 1.47 bits per heavy atom. The summed E-state index contributed by atoms with van der Waals surface area (Å²) in [6.45, 7) is 10.1. The summed E-state index contributed by atoms with van der Waals surface area (Å²) < 4.78 is 7.68. The highest BCUT2D eigenvalue weighted by molar-refractivity contribution is 5.10. The van der Waals surface area contributed by atoms with E-state index in [1.165, 1.54) is 5.56 Å². The lowest BCUT2D eigenvalue weighted by Crippen LogP contribution is -2.30. The molecule has 0 saturated heterocycles. The van der Waals surface area contributed by atoms with Gasteiger partial charge in [0.25, 0.3) is 0 Å². The van der Waals surface area contributed by atoms with Crippen LogP contribution in [0, 0.1) is 0 Å². The van der Waals surface area contributed by atoms with Crippen LogP contribution in [0.3, 0.4) is 0 Å². The molecule has 0 aromatic carbocycles. The van der Waals surface area contributed by atoms with Crippen molar-refractivity contribution >= 4 is 0 Å². The lowest BCUT2D eigenvalue weighted by molar-refractivity contribution is -0.0147. The predicted molar refractivity (Wildman–Crippen MR) is 69.9 cm³/mol. The first kappa shape index (κ1) is 14.2. The van der Waals surface area contributed by atoms with Crippen molar-refractivity contribution in [3.63, 3.8) is 0 Å². The number of hydrogen-bond acceptors (Lipinski definition) is 3. The fourth-order valence-electron chi connectivity index (χ4n) is 1.54. The normalized spacial score (nSPS) is 13.9. The molecule has 17 heavy (non-hydrogen) atoms. The molecule has 0 radical (unpaired) electrons. The van der Waals surface area contributed by atoms with E-state index in [1.807, 2.05) is 24.1 Å². The highest BCUT2D eigenvalue weighted by atomic mass is 16.5. The summed E-state index contributed by atoms with van der Waals surface area (Å²) in [6, 6.07) is 0.225. The molecule has 4 heteroatoms. The van der Waals surface area contributed by atoms with Crippen LogP contribution in [0.5, 0.6) is 0 Å². The van der Waals surface area contributed by atoms with Crippen molar-refractivity contribution in [1.82, 2.24) is 15.1 Å². The van der Waals surface area contributed by atoms with Gasteiger partial charge in [0.15, 0.2) is 0 Å². The minimum atomic E-state index is -0.103. The third kappa shape index (κ3) is 5.33. The highest BCUT2D eigenvalue weighted by Gasteiger charge is 2.17. The summed E-state index contributed by atoms with van der Waals surface area (Å²) in [4.78, 5) is 0. The Balaban J connectivity index is 2.60. The zero-order valence-corrected chi connectivity index (χ0v) is 11.7. The molecule has 4 nitrogen and oxygen atoms in total. The van der Waals surface area contributed by atoms with Gasteiger partial charge in [-0.25, -0.2) is 0 Å². The number of ether oxygens (including phenoxy) is 1. The molecule has 1 aromatic heterocycles. The largest absolute Gasteiger partial charge is 0.374 e. The predicted octanol–water partition coefficient (Wildman–Crippen LogP) is 2.28. The van der Waals surface area contributed by atoms with Gasteiger partial charge in [0.2, 0.25) is 0 Å². The van der Waals surface area contributed by atoms with E-state index in [2.05, 4.69) is 38.1 Å². The summed E-state index contributed by atoms with van der Waals surface area (Å²) in [5.74, 6) is 0. The monoisotopic (exact) mass is 239 g/mol. The molecule has 1 aromatic rings. The Hall–Kier alpha value is -0.870. The van der Waals surface area contributed by atoms with Crippen LogP contribution in [0.1, 0.15) is 45.7 Å². The average Bonchev–Trinajstić information content (AvgIpc) is 2.63. The Morgan fingerprint density at radius 3 is 2.65 bits per heavy atom. The lowest BCUT2D eigenvalue weighted by atomic mass is 10.1. The quantitative estimate of drug-likeness (QED) is 0.827. The van der Waals surface area contributed by atoms with Crippen LogP contribution in [-0.4, -0.2) is 28.5 Å². The second-order valence-corrected chi connectivity index (χ2v) is 5.38. The molecule has 0 fully saturated rings. The Kier molecular flexibility index (Phi) is 5.15. The molecule has 1 atom stereocenters. The molecule has 0 saturated carbocycles. The number of nitrogens with one attached hydrogen (secondary N) is 1. The molecule has 1 rings (SSSR count). The van der Waals surface area contributed by atoms with Crippen LogP contribution in [0.4, 0.5) is 0 Å². The van der Waals surface area contributed by atoms with Crippen molar-refractivity contribution in [3.8, 4) is 0 Å². The fraction of sp³-hybridized carbons (Fsp3) is 0.769. The highest BCUT2D eigenvalue weighted by Crippen LogP contribution is 2.16. The van der Waals surface area contributed by atoms with E-state index >= 15 is 0 Å². The van der Waals surface area contributed by atoms with Gasteiger partial charge >= 0.3 is 0 Å². The minimum Gasteiger partial charge on any atom is -0.374 e. The molecule has 0 bridgehead atoms. The maximum absolute atomic E-state index is 5.85. The molecule has 1 N–H and O–H groups in total. The van der Waals surface area contributed by atoms with Crippen LogP contribution < -0.4 is 5.32 Å². The Morgan fingerprint density at radius 2 is 2.18 bits per heavy atom. The fourth-order valence-corrected chi connectivity index (χ4v) is 1.54. The molecule has 1 unspecified atom stereocenters. The van der Waals surface area contributed by atoms with Gasteiger partial charge in [-0.2, -0.15) is 5.10 Å². The summed E-state index contributed by atoms with van der Waals surface area (Å²) in [6.07, 6.45) is 5.06. The minimum absolute atomic E-state index is 0.103. The van der Waals surface area contributed by atoms with E-state index < -0.39 is 0 Å². The van der Waals surface area contributed by atoms with E-state index in [9.17, 15) is 0 Å². The summed E-state index contributed by atoms with van der Waals surface area (Å²) in [5, 5.41) is 7.70. The van der Waals surface area contributed by atoms with Crippen molar-refractivity contribution in [3.05, 3.63) is 18.0 Å². The first-order valence-corrected chi connectivity index (χ1v) is 6.28. The van der Waals surface area contributed by atoms with Gasteiger partial charge in [-0.15, -0.1) is 0 Å². The van der Waals surface area contributed by atoms with E-state index in [1.54, 1.807) is 0 Å². The van der Waals surface area contributed by atoms with E-state index in [4.69, 9.17) is 4.74 Å². The first-order valence-electron chi connectivity index (χ1n) is 6.28. The Bertz CT molecular complexity index is 328. The first-order chi connectivity index (χ1) is 7.92. The number of aryl methyl sites for hydroxylation is 1. The van der Waals surface area contributed by atoms with Gasteiger partial charge in [-0.1, -0.05) is 6.92 Å². The van der Waals surface area contributed by atoms with Crippen LogP contribution in [0.25, 0.3) is 0 Å². The molecular formula is C13H25N3O. The molecule has 0 aliphatic heterocycles. The summed E-state index contributed by atoms with van der Waals surface area (Å²) in [7, 11) is 1.94. The third-order valence-corrected chi connectivity index (χ3v) is 2.45. The SMILES string of the molecule is CCCNC(COC(C)(C)C)c1cnn(C)c1. The Labute approximate surface area is 104 Å². The maximum atomic E-state index is 5.85. The molecule has 1 heterocycles. The number of rotatable bonds is 6. The number of hydrogen-bond donors (Lipinski definition) is 1. The molecule has 0 aliphatic rings. The molecular weight excluding hydrogens is 214 g/mol. The zero-order valence-electron chi connectivity index (χ0n) is 11.7. The van der Waals surface area contributed by atoms with Gasteiger partial charge < -0.3 is 10.1 Å². The average molecular weight is 239 g/mol. The van der Waals surface area contributed by atoms with Crippen molar-refractivity contribution < 1.29 is 4.74 Å². The van der Waals surface area contributed by atoms with Crippen LogP contribution in [0.2, 0.25) is 0 Å². The summed E-state index contributed by atoms with van der Waals surface area (Å²) in [5.41, 5.74) is 1.08. The van der Waals surface area contributed by atoms with Crippen molar-refractivity contribution in [2.75, 3.05) is 13.2 Å². The van der Waals surface area contributed by atoms with Crippen molar-refractivity contribution in [2.45, 2.75) is 45.8 Å². The second kappa shape index (κ2) is 6.17. The topological polar surface area (TPSA) is 39.1 Å². The van der Waals surface area contributed by atoms with E-state index in [0.29, 0.717) is 6.61 Å². The molecule has 0 aliphatic carbocycles. The van der Waals surface area contributed by atoms with Crippen LogP contribution in [-0.2, 0) is 11.8 Å². The van der Waals surface area contributed by atoms with Crippen LogP contribution >= 0.6 is 0 Å². The second-order valence-electron chi connectivity index (χ2n) is 5.38. The number of aromatic nitrogens is 2. The third-order valence-electron chi connectivity index (χ3n) is 2.45. The summed E-state index contributed by atoms with van der Waals surface area (Å²) >= 11 is 0. The number of nitrogens with zero attached hydrogens (tertiary/aromatic N) is 2. The van der Waals surface area contributed by atoms with Crippen LogP contribution in [0.15, 0.2) is 12.4 Å². The van der Waals surface area contributed by atoms with E-state index in [-0.39, 0.29) is 11.6 Å². The standard InChI is InChI=1S/C13H25N3O/c1-6-7-14-12(10-17-13(2,3)4)11-8-15-16(5)9-11/h8-9,12,14H,6-7,10H2,1-5H3. The smallest absolute Gasteiger partial charge is 0.0669 e. The van der Waals surface area contributed by atoms with Gasteiger partial charge in [0.1, 0.15) is 0 Å². The van der Waals surface area contributed by atoms with Gasteiger partial charge in [-0.05, 0) is 33.7 Å². The van der Waals surface area contributed by atoms with Crippen molar-refractivity contribution in [2.24, 2.45) is 7.05 Å². The van der Waals surface area contributed by atoms with Gasteiger partial charge in [0.05, 0.1) is 24.4 Å². The molecule has 0 amide bonds. The maximum Gasteiger partial charge on any atom is 0.0669 e. The van der Waals surface area contributed by atoms with Gasteiger partial charge in [0, 0.05) is 18.8 Å². The van der Waals surface area contributed by atoms with Gasteiger partial charge in [-0.3, -0.25) is 4.68 Å². The van der Waals surface area contributed by atoms with Crippen molar-refractivity contribution in [1.29, 1.82) is 0 Å². The zero-order chi connectivity index (χ0) is 12.9. The van der Waals surface area contributed by atoms with E-state index in [0.717, 1.165) is 13.0 Å².